The molecular weight excluding hydrogens is 196 g/mol. The van der Waals surface area contributed by atoms with Gasteiger partial charge in [-0.2, -0.15) is 0 Å². The zero-order chi connectivity index (χ0) is 12.1. The van der Waals surface area contributed by atoms with Crippen LogP contribution in [-0.2, 0) is 0 Å². The molecule has 16 heavy (non-hydrogen) atoms. The molecule has 1 fully saturated rings. The monoisotopic (exact) mass is 226 g/mol. The topological polar surface area (TPSA) is 15.3 Å². The predicted molar refractivity (Wildman–Crippen MR) is 71.8 cm³/mol. The predicted octanol–water partition coefficient (Wildman–Crippen LogP) is 2.88. The first-order valence-electron chi connectivity index (χ1n) is 6.91. The third-order valence-corrected chi connectivity index (χ3v) is 3.83. The highest BCUT2D eigenvalue weighted by Gasteiger charge is 2.26. The number of nitrogens with one attached hydrogen (secondary N) is 1. The van der Waals surface area contributed by atoms with Gasteiger partial charge in [0.25, 0.3) is 0 Å². The lowest BCUT2D eigenvalue weighted by atomic mass is 10.0. The highest BCUT2D eigenvalue weighted by molar-refractivity contribution is 4.86. The maximum atomic E-state index is 3.79. The molecule has 3 unspecified atom stereocenters. The molecule has 1 aliphatic carbocycles. The minimum atomic E-state index is 0.688. The smallest absolute Gasteiger partial charge is 0.0105 e. The zero-order valence-corrected chi connectivity index (χ0v) is 11.8. The van der Waals surface area contributed by atoms with Gasteiger partial charge in [-0.25, -0.2) is 0 Å². The van der Waals surface area contributed by atoms with Crippen molar-refractivity contribution in [1.29, 1.82) is 0 Å². The van der Waals surface area contributed by atoms with Gasteiger partial charge in [0.1, 0.15) is 0 Å². The summed E-state index contributed by atoms with van der Waals surface area (Å²) in [5, 5.41) is 3.79. The molecule has 1 saturated carbocycles. The summed E-state index contributed by atoms with van der Waals surface area (Å²) in [6.45, 7) is 6.96. The largest absolute Gasteiger partial charge is 0.311 e. The average molecular weight is 226 g/mol. The Morgan fingerprint density at radius 2 is 1.81 bits per heavy atom. The van der Waals surface area contributed by atoms with Crippen LogP contribution in [0, 0.1) is 5.92 Å². The number of nitrogens with zero attached hydrogens (tertiary/aromatic N) is 1. The van der Waals surface area contributed by atoms with Crippen molar-refractivity contribution < 1.29 is 0 Å². The molecule has 0 aromatic heterocycles. The summed E-state index contributed by atoms with van der Waals surface area (Å²) in [4.78, 5) is 2.38. The third kappa shape index (κ3) is 4.84. The van der Waals surface area contributed by atoms with Crippen molar-refractivity contribution in [2.24, 2.45) is 5.92 Å². The van der Waals surface area contributed by atoms with Crippen LogP contribution in [0.25, 0.3) is 0 Å². The van der Waals surface area contributed by atoms with E-state index < -0.39 is 0 Å². The molecule has 0 aromatic rings. The molecule has 0 saturated heterocycles. The van der Waals surface area contributed by atoms with Gasteiger partial charge >= 0.3 is 0 Å². The van der Waals surface area contributed by atoms with Crippen LogP contribution in [0.3, 0.4) is 0 Å². The molecule has 3 atom stereocenters. The van der Waals surface area contributed by atoms with Crippen molar-refractivity contribution in [1.82, 2.24) is 10.2 Å². The Labute approximate surface area is 102 Å². The molecule has 1 rings (SSSR count). The fourth-order valence-corrected chi connectivity index (χ4v) is 2.65. The summed E-state index contributed by atoms with van der Waals surface area (Å²) < 4.78 is 0. The second kappa shape index (κ2) is 6.61. The lowest BCUT2D eigenvalue weighted by Gasteiger charge is -2.22. The summed E-state index contributed by atoms with van der Waals surface area (Å²) in [7, 11) is 4.41. The van der Waals surface area contributed by atoms with E-state index in [2.05, 4.69) is 45.1 Å². The van der Waals surface area contributed by atoms with Crippen molar-refractivity contribution in [3.05, 3.63) is 0 Å². The van der Waals surface area contributed by atoms with Crippen LogP contribution >= 0.6 is 0 Å². The van der Waals surface area contributed by atoms with Crippen molar-refractivity contribution in [3.63, 3.8) is 0 Å². The van der Waals surface area contributed by atoms with Crippen LogP contribution in [-0.4, -0.2) is 37.1 Å². The minimum absolute atomic E-state index is 0.688. The third-order valence-electron chi connectivity index (χ3n) is 3.83. The molecule has 2 heteroatoms. The van der Waals surface area contributed by atoms with E-state index in [4.69, 9.17) is 0 Å². The van der Waals surface area contributed by atoms with Crippen LogP contribution < -0.4 is 5.32 Å². The van der Waals surface area contributed by atoms with Crippen LogP contribution in [0.5, 0.6) is 0 Å². The standard InChI is InChI=1S/C14H30N2/c1-11(2)6-7-12(3)15-13-8-9-14(10-13)16(4)5/h11-15H,6-10H2,1-5H3. The molecule has 1 N–H and O–H groups in total. The molecule has 0 amide bonds. The van der Waals surface area contributed by atoms with Gasteiger partial charge < -0.3 is 10.2 Å². The van der Waals surface area contributed by atoms with Crippen LogP contribution in [0.15, 0.2) is 0 Å². The summed E-state index contributed by atoms with van der Waals surface area (Å²) in [5.41, 5.74) is 0. The minimum Gasteiger partial charge on any atom is -0.311 e. The summed E-state index contributed by atoms with van der Waals surface area (Å²) in [6.07, 6.45) is 6.72. The molecule has 2 nitrogen and oxygen atoms in total. The highest BCUT2D eigenvalue weighted by atomic mass is 15.1. The average Bonchev–Trinajstić information content (AvgIpc) is 2.63. The zero-order valence-electron chi connectivity index (χ0n) is 11.8. The van der Waals surface area contributed by atoms with Gasteiger partial charge in [-0.1, -0.05) is 13.8 Å². The normalized spacial score (nSPS) is 27.9. The molecule has 0 spiro atoms. The first-order chi connectivity index (χ1) is 7.49. The van der Waals surface area contributed by atoms with E-state index >= 15 is 0 Å². The van der Waals surface area contributed by atoms with Gasteiger partial charge in [0, 0.05) is 18.1 Å². The lowest BCUT2D eigenvalue weighted by Crippen LogP contribution is -2.36. The van der Waals surface area contributed by atoms with Gasteiger partial charge in [-0.05, 0) is 59.0 Å². The Kier molecular flexibility index (Phi) is 5.77. The summed E-state index contributed by atoms with van der Waals surface area (Å²) >= 11 is 0. The van der Waals surface area contributed by atoms with Gasteiger partial charge in [-0.3, -0.25) is 0 Å². The van der Waals surface area contributed by atoms with Gasteiger partial charge in [-0.15, -0.1) is 0 Å². The molecule has 0 aromatic carbocycles. The first-order valence-corrected chi connectivity index (χ1v) is 6.91. The van der Waals surface area contributed by atoms with Crippen LogP contribution in [0.2, 0.25) is 0 Å². The Morgan fingerprint density at radius 1 is 1.12 bits per heavy atom. The Balaban J connectivity index is 2.18. The SMILES string of the molecule is CC(C)CCC(C)NC1CCC(N(C)C)C1. The van der Waals surface area contributed by atoms with Crippen LogP contribution in [0.1, 0.15) is 52.9 Å². The fourth-order valence-electron chi connectivity index (χ4n) is 2.65. The molecule has 96 valence electrons. The number of hydrogen-bond donors (Lipinski definition) is 1. The molecule has 0 heterocycles. The van der Waals surface area contributed by atoms with Gasteiger partial charge in [0.05, 0.1) is 0 Å². The molecular formula is C14H30N2. The highest BCUT2D eigenvalue weighted by Crippen LogP contribution is 2.23. The summed E-state index contributed by atoms with van der Waals surface area (Å²) in [5.74, 6) is 0.836. The van der Waals surface area contributed by atoms with E-state index in [0.29, 0.717) is 6.04 Å². The summed E-state index contributed by atoms with van der Waals surface area (Å²) in [6, 6.07) is 2.25. The Morgan fingerprint density at radius 3 is 2.31 bits per heavy atom. The Bertz CT molecular complexity index is 189. The number of hydrogen-bond acceptors (Lipinski definition) is 2. The van der Waals surface area contributed by atoms with E-state index in [0.717, 1.165) is 18.0 Å². The molecule has 1 aliphatic rings. The number of rotatable bonds is 6. The van der Waals surface area contributed by atoms with E-state index in [1.165, 1.54) is 32.1 Å². The van der Waals surface area contributed by atoms with E-state index in [9.17, 15) is 0 Å². The van der Waals surface area contributed by atoms with E-state index in [1.54, 1.807) is 0 Å². The van der Waals surface area contributed by atoms with Crippen molar-refractivity contribution in [2.45, 2.75) is 71.0 Å². The second-order valence-electron chi connectivity index (χ2n) is 6.17. The fraction of sp³-hybridized carbons (Fsp3) is 1.00. The maximum Gasteiger partial charge on any atom is 0.0105 e. The molecule has 0 aliphatic heterocycles. The Hall–Kier alpha value is -0.0800. The lowest BCUT2D eigenvalue weighted by molar-refractivity contribution is 0.289. The van der Waals surface area contributed by atoms with Crippen molar-refractivity contribution in [3.8, 4) is 0 Å². The second-order valence-corrected chi connectivity index (χ2v) is 6.17. The van der Waals surface area contributed by atoms with Crippen LogP contribution in [0.4, 0.5) is 0 Å². The van der Waals surface area contributed by atoms with Crippen molar-refractivity contribution >= 4 is 0 Å². The molecule has 0 radical (unpaired) electrons. The van der Waals surface area contributed by atoms with Gasteiger partial charge in [0.15, 0.2) is 0 Å². The van der Waals surface area contributed by atoms with E-state index in [-0.39, 0.29) is 0 Å². The van der Waals surface area contributed by atoms with Gasteiger partial charge in [0.2, 0.25) is 0 Å². The molecule has 0 bridgehead atoms. The first kappa shape index (κ1) is 14.0. The van der Waals surface area contributed by atoms with Crippen molar-refractivity contribution in [2.75, 3.05) is 14.1 Å². The quantitative estimate of drug-likeness (QED) is 0.749. The van der Waals surface area contributed by atoms with E-state index in [1.807, 2.05) is 0 Å². The maximum absolute atomic E-state index is 3.79.